The van der Waals surface area contributed by atoms with Gasteiger partial charge < -0.3 is 5.73 Å². The average molecular weight is 232 g/mol. The van der Waals surface area contributed by atoms with Gasteiger partial charge in [-0.1, -0.05) is 6.42 Å². The van der Waals surface area contributed by atoms with Gasteiger partial charge in [0, 0.05) is 4.88 Å². The summed E-state index contributed by atoms with van der Waals surface area (Å²) in [5, 5.41) is 8.83. The predicted molar refractivity (Wildman–Crippen MR) is 68.0 cm³/mol. The molecule has 0 radical (unpaired) electrons. The number of rotatable bonds is 1. The van der Waals surface area contributed by atoms with E-state index < -0.39 is 0 Å². The Morgan fingerprint density at radius 1 is 1.38 bits per heavy atom. The van der Waals surface area contributed by atoms with Crippen molar-refractivity contribution in [3.8, 4) is 6.07 Å². The van der Waals surface area contributed by atoms with Crippen molar-refractivity contribution in [2.75, 3.05) is 0 Å². The van der Waals surface area contributed by atoms with E-state index in [0.29, 0.717) is 11.3 Å². The maximum atomic E-state index is 8.83. The highest BCUT2D eigenvalue weighted by molar-refractivity contribution is 7.13. The second kappa shape index (κ2) is 4.71. The van der Waals surface area contributed by atoms with Gasteiger partial charge in [-0.2, -0.15) is 5.26 Å². The lowest BCUT2D eigenvalue weighted by molar-refractivity contribution is 0.712. The second-order valence-electron chi connectivity index (χ2n) is 4.27. The van der Waals surface area contributed by atoms with E-state index in [1.807, 2.05) is 0 Å². The molecular weight excluding hydrogens is 216 g/mol. The Labute approximate surface area is 100 Å². The molecule has 84 valence electrons. The van der Waals surface area contributed by atoms with Gasteiger partial charge in [-0.05, 0) is 44.2 Å². The second-order valence-corrected chi connectivity index (χ2v) is 5.41. The molecule has 1 aliphatic rings. The van der Waals surface area contributed by atoms with E-state index in [-0.39, 0.29) is 0 Å². The average Bonchev–Trinajstić information content (AvgIpc) is 2.58. The standard InChI is InChI=1S/C13H16N2S/c1-9(8-14)13(15)12-7-10-5-3-2-4-6-11(10)16-12/h7H,2-6,15H2,1H3. The Kier molecular flexibility index (Phi) is 3.31. The monoisotopic (exact) mass is 232 g/mol. The first-order valence-corrected chi connectivity index (χ1v) is 6.52. The van der Waals surface area contributed by atoms with Crippen molar-refractivity contribution < 1.29 is 0 Å². The molecule has 1 aliphatic carbocycles. The first-order chi connectivity index (χ1) is 7.72. The minimum Gasteiger partial charge on any atom is -0.397 e. The fraction of sp³-hybridized carbons (Fsp3) is 0.462. The van der Waals surface area contributed by atoms with E-state index in [4.69, 9.17) is 11.0 Å². The highest BCUT2D eigenvalue weighted by atomic mass is 32.1. The third kappa shape index (κ3) is 2.12. The molecule has 3 heteroatoms. The minimum absolute atomic E-state index is 0.622. The van der Waals surface area contributed by atoms with E-state index in [1.165, 1.54) is 42.5 Å². The molecule has 0 fully saturated rings. The summed E-state index contributed by atoms with van der Waals surface area (Å²) in [5.74, 6) is 0. The highest BCUT2D eigenvalue weighted by Crippen LogP contribution is 2.31. The van der Waals surface area contributed by atoms with Crippen molar-refractivity contribution >= 4 is 17.0 Å². The fourth-order valence-electron chi connectivity index (χ4n) is 2.05. The lowest BCUT2D eigenvalue weighted by Gasteiger charge is -1.97. The molecule has 0 amide bonds. The number of nitrogens with two attached hydrogens (primary N) is 1. The van der Waals surface area contributed by atoms with E-state index in [1.54, 1.807) is 18.3 Å². The van der Waals surface area contributed by atoms with Crippen LogP contribution in [-0.2, 0) is 12.8 Å². The Hall–Kier alpha value is -1.27. The van der Waals surface area contributed by atoms with Crippen LogP contribution in [0, 0.1) is 11.3 Å². The van der Waals surface area contributed by atoms with Crippen LogP contribution in [0.2, 0.25) is 0 Å². The third-order valence-corrected chi connectivity index (χ3v) is 4.35. The van der Waals surface area contributed by atoms with E-state index in [9.17, 15) is 0 Å². The summed E-state index contributed by atoms with van der Waals surface area (Å²) >= 11 is 1.77. The number of fused-ring (bicyclic) bond motifs is 1. The normalized spacial score (nSPS) is 17.0. The molecule has 2 N–H and O–H groups in total. The summed E-state index contributed by atoms with van der Waals surface area (Å²) in [4.78, 5) is 2.55. The van der Waals surface area contributed by atoms with Crippen molar-refractivity contribution in [3.63, 3.8) is 0 Å². The highest BCUT2D eigenvalue weighted by Gasteiger charge is 2.14. The smallest absolute Gasteiger partial charge is 0.0966 e. The van der Waals surface area contributed by atoms with Crippen molar-refractivity contribution in [1.29, 1.82) is 5.26 Å². The number of hydrogen-bond acceptors (Lipinski definition) is 3. The van der Waals surface area contributed by atoms with Gasteiger partial charge in [0.1, 0.15) is 0 Å². The summed E-state index contributed by atoms with van der Waals surface area (Å²) in [6.07, 6.45) is 6.25. The van der Waals surface area contributed by atoms with Crippen molar-refractivity contribution in [2.45, 2.75) is 39.0 Å². The zero-order chi connectivity index (χ0) is 11.5. The van der Waals surface area contributed by atoms with Crippen LogP contribution < -0.4 is 5.73 Å². The van der Waals surface area contributed by atoms with Crippen molar-refractivity contribution in [2.24, 2.45) is 5.73 Å². The molecule has 1 heterocycles. The minimum atomic E-state index is 0.622. The number of thiophene rings is 1. The van der Waals surface area contributed by atoms with E-state index in [2.05, 4.69) is 12.1 Å². The van der Waals surface area contributed by atoms with Gasteiger partial charge in [-0.3, -0.25) is 0 Å². The number of aryl methyl sites for hydroxylation is 2. The Morgan fingerprint density at radius 3 is 2.88 bits per heavy atom. The molecule has 0 bridgehead atoms. The SMILES string of the molecule is CC(C#N)=C(N)c1cc2c(s1)CCCCC2. The van der Waals surface area contributed by atoms with Crippen LogP contribution >= 0.6 is 11.3 Å². The molecule has 0 spiro atoms. The van der Waals surface area contributed by atoms with Crippen LogP contribution in [0.1, 0.15) is 41.5 Å². The molecule has 1 aromatic rings. The molecule has 0 unspecified atom stereocenters. The molecule has 1 aromatic heterocycles. The molecule has 16 heavy (non-hydrogen) atoms. The molecule has 0 saturated heterocycles. The number of nitriles is 1. The van der Waals surface area contributed by atoms with Gasteiger partial charge in [-0.15, -0.1) is 11.3 Å². The Morgan fingerprint density at radius 2 is 2.12 bits per heavy atom. The molecule has 2 rings (SSSR count). The summed E-state index contributed by atoms with van der Waals surface area (Å²) < 4.78 is 0. The van der Waals surface area contributed by atoms with Crippen LogP contribution in [0.4, 0.5) is 0 Å². The number of nitrogens with zero attached hydrogens (tertiary/aromatic N) is 1. The van der Waals surface area contributed by atoms with E-state index in [0.717, 1.165) is 4.88 Å². The molecule has 2 nitrogen and oxygen atoms in total. The van der Waals surface area contributed by atoms with Gasteiger partial charge in [0.2, 0.25) is 0 Å². The first-order valence-electron chi connectivity index (χ1n) is 5.70. The van der Waals surface area contributed by atoms with Gasteiger partial charge in [0.25, 0.3) is 0 Å². The zero-order valence-corrected chi connectivity index (χ0v) is 10.4. The molecule has 0 saturated carbocycles. The van der Waals surface area contributed by atoms with E-state index >= 15 is 0 Å². The fourth-order valence-corrected chi connectivity index (χ4v) is 3.31. The number of allylic oxidation sites excluding steroid dienone is 1. The Bertz CT molecular complexity index is 439. The Balaban J connectivity index is 2.36. The van der Waals surface area contributed by atoms with Crippen LogP contribution in [0.5, 0.6) is 0 Å². The molecule has 0 aromatic carbocycles. The van der Waals surface area contributed by atoms with Crippen molar-refractivity contribution in [3.05, 3.63) is 27.0 Å². The maximum Gasteiger partial charge on any atom is 0.0966 e. The summed E-state index contributed by atoms with van der Waals surface area (Å²) in [6, 6.07) is 4.30. The first kappa shape index (κ1) is 11.2. The molecule has 0 aliphatic heterocycles. The van der Waals surface area contributed by atoms with Gasteiger partial charge in [0.15, 0.2) is 0 Å². The predicted octanol–water partition coefficient (Wildman–Crippen LogP) is 3.23. The van der Waals surface area contributed by atoms with Crippen LogP contribution in [0.25, 0.3) is 5.70 Å². The van der Waals surface area contributed by atoms with Crippen LogP contribution in [-0.4, -0.2) is 0 Å². The van der Waals surface area contributed by atoms with Crippen LogP contribution in [0.3, 0.4) is 0 Å². The number of hydrogen-bond donors (Lipinski definition) is 1. The lowest BCUT2D eigenvalue weighted by atomic mass is 10.1. The van der Waals surface area contributed by atoms with Gasteiger partial charge in [-0.25, -0.2) is 0 Å². The summed E-state index contributed by atoms with van der Waals surface area (Å²) in [5.41, 5.74) is 8.69. The lowest BCUT2D eigenvalue weighted by Crippen LogP contribution is -1.96. The summed E-state index contributed by atoms with van der Waals surface area (Å²) in [6.45, 7) is 1.78. The van der Waals surface area contributed by atoms with Gasteiger partial charge >= 0.3 is 0 Å². The maximum absolute atomic E-state index is 8.83. The quantitative estimate of drug-likeness (QED) is 0.597. The zero-order valence-electron chi connectivity index (χ0n) is 9.55. The third-order valence-electron chi connectivity index (χ3n) is 3.08. The molecular formula is C13H16N2S. The summed E-state index contributed by atoms with van der Waals surface area (Å²) in [7, 11) is 0. The topological polar surface area (TPSA) is 49.8 Å². The van der Waals surface area contributed by atoms with Gasteiger partial charge in [0.05, 0.1) is 22.2 Å². The molecule has 0 atom stereocenters. The largest absolute Gasteiger partial charge is 0.397 e. The van der Waals surface area contributed by atoms with Crippen molar-refractivity contribution in [1.82, 2.24) is 0 Å². The van der Waals surface area contributed by atoms with Crippen LogP contribution in [0.15, 0.2) is 11.6 Å².